The first kappa shape index (κ1) is 15.2. The molecular formula is C13H31N3Si. The molecule has 0 aromatic carbocycles. The van der Waals surface area contributed by atoms with Crippen molar-refractivity contribution in [2.75, 3.05) is 7.05 Å². The molecule has 0 amide bonds. The average Bonchev–Trinajstić information content (AvgIpc) is 2.27. The lowest BCUT2D eigenvalue weighted by Crippen LogP contribution is -2.64. The van der Waals surface area contributed by atoms with E-state index < -0.39 is 9.28 Å². The maximum Gasteiger partial charge on any atom is 0.267 e. The van der Waals surface area contributed by atoms with Gasteiger partial charge in [0.15, 0.2) is 0 Å². The van der Waals surface area contributed by atoms with Crippen LogP contribution in [0.15, 0.2) is 0 Å². The summed E-state index contributed by atoms with van der Waals surface area (Å²) in [6.07, 6.45) is 7.05. The van der Waals surface area contributed by atoms with E-state index in [2.05, 4.69) is 49.3 Å². The lowest BCUT2D eigenvalue weighted by atomic mass is 9.96. The Morgan fingerprint density at radius 1 is 0.941 bits per heavy atom. The molecule has 1 rings (SSSR count). The predicted octanol–water partition coefficient (Wildman–Crippen LogP) is 1.96. The Kier molecular flexibility index (Phi) is 6.70. The Morgan fingerprint density at radius 2 is 1.41 bits per heavy atom. The van der Waals surface area contributed by atoms with E-state index in [1.807, 2.05) is 0 Å². The Balaban J connectivity index is 2.53. The Morgan fingerprint density at radius 3 is 1.82 bits per heavy atom. The normalized spacial score (nSPS) is 18.9. The quantitative estimate of drug-likeness (QED) is 0.713. The number of hydrogen-bond acceptors (Lipinski definition) is 3. The van der Waals surface area contributed by atoms with Gasteiger partial charge in [-0.2, -0.15) is 0 Å². The molecule has 3 nitrogen and oxygen atoms in total. The van der Waals surface area contributed by atoms with Crippen molar-refractivity contribution < 1.29 is 0 Å². The molecule has 17 heavy (non-hydrogen) atoms. The van der Waals surface area contributed by atoms with E-state index in [0.717, 1.165) is 6.04 Å². The molecule has 1 fully saturated rings. The zero-order valence-corrected chi connectivity index (χ0v) is 13.4. The van der Waals surface area contributed by atoms with Crippen LogP contribution in [0.2, 0.25) is 0 Å². The van der Waals surface area contributed by atoms with Crippen LogP contribution in [0.4, 0.5) is 0 Å². The van der Waals surface area contributed by atoms with Gasteiger partial charge in [-0.25, -0.2) is 0 Å². The van der Waals surface area contributed by atoms with Crippen molar-refractivity contribution in [2.24, 2.45) is 0 Å². The van der Waals surface area contributed by atoms with Gasteiger partial charge in [0.1, 0.15) is 0 Å². The van der Waals surface area contributed by atoms with E-state index in [4.69, 9.17) is 0 Å². The number of nitrogens with one attached hydrogen (secondary N) is 2. The zero-order valence-electron chi connectivity index (χ0n) is 12.3. The van der Waals surface area contributed by atoms with E-state index >= 15 is 0 Å². The molecular weight excluding hydrogens is 226 g/mol. The van der Waals surface area contributed by atoms with Crippen LogP contribution in [-0.4, -0.2) is 39.0 Å². The standard InChI is InChI=1S/C13H31N3Si/c1-11(2)14-17(15-12(3)4)16(5)13-9-7-6-8-10-13/h11-15,17H,6-10H2,1-5H3. The molecule has 0 aromatic rings. The first-order valence-corrected chi connectivity index (χ1v) is 8.92. The van der Waals surface area contributed by atoms with Gasteiger partial charge in [0.2, 0.25) is 0 Å². The fourth-order valence-electron chi connectivity index (χ4n) is 2.61. The Labute approximate surface area is 109 Å². The summed E-state index contributed by atoms with van der Waals surface area (Å²) >= 11 is 0. The van der Waals surface area contributed by atoms with Gasteiger partial charge in [0.25, 0.3) is 9.28 Å². The second kappa shape index (κ2) is 7.51. The van der Waals surface area contributed by atoms with Crippen LogP contribution < -0.4 is 9.96 Å². The number of rotatable bonds is 6. The molecule has 1 aliphatic carbocycles. The van der Waals surface area contributed by atoms with Crippen molar-refractivity contribution in [3.05, 3.63) is 0 Å². The van der Waals surface area contributed by atoms with Gasteiger partial charge in [-0.05, 0) is 32.0 Å². The summed E-state index contributed by atoms with van der Waals surface area (Å²) in [6.45, 7) is 8.99. The minimum absolute atomic E-state index is 0.573. The monoisotopic (exact) mass is 257 g/mol. The first-order valence-electron chi connectivity index (χ1n) is 7.24. The molecule has 0 aromatic heterocycles. The number of nitrogens with zero attached hydrogens (tertiary/aromatic N) is 1. The van der Waals surface area contributed by atoms with Crippen LogP contribution >= 0.6 is 0 Å². The molecule has 4 heteroatoms. The fourth-order valence-corrected chi connectivity index (χ4v) is 5.16. The smallest absolute Gasteiger partial charge is 0.267 e. The molecule has 102 valence electrons. The zero-order chi connectivity index (χ0) is 12.8. The molecule has 1 saturated carbocycles. The highest BCUT2D eigenvalue weighted by molar-refractivity contribution is 6.50. The molecule has 0 spiro atoms. The Hall–Kier alpha value is 0.0969. The van der Waals surface area contributed by atoms with E-state index in [1.54, 1.807) is 0 Å². The molecule has 1 aliphatic rings. The van der Waals surface area contributed by atoms with E-state index in [-0.39, 0.29) is 0 Å². The predicted molar refractivity (Wildman–Crippen MR) is 78.3 cm³/mol. The van der Waals surface area contributed by atoms with E-state index in [9.17, 15) is 0 Å². The first-order chi connectivity index (χ1) is 8.00. The molecule has 0 radical (unpaired) electrons. The highest BCUT2D eigenvalue weighted by Crippen LogP contribution is 2.21. The second-order valence-corrected chi connectivity index (χ2v) is 8.29. The van der Waals surface area contributed by atoms with Gasteiger partial charge in [-0.15, -0.1) is 0 Å². The largest absolute Gasteiger partial charge is 0.313 e. The second-order valence-electron chi connectivity index (χ2n) is 6.00. The average molecular weight is 257 g/mol. The van der Waals surface area contributed by atoms with Gasteiger partial charge in [-0.1, -0.05) is 47.0 Å². The van der Waals surface area contributed by atoms with Crippen LogP contribution in [0, 0.1) is 0 Å². The van der Waals surface area contributed by atoms with Crippen molar-refractivity contribution in [3.8, 4) is 0 Å². The SMILES string of the molecule is CC(C)N[SiH](NC(C)C)N(C)C1CCCCC1. The molecule has 0 aliphatic heterocycles. The maximum absolute atomic E-state index is 3.76. The third kappa shape index (κ3) is 5.51. The van der Waals surface area contributed by atoms with Gasteiger partial charge >= 0.3 is 0 Å². The third-order valence-corrected chi connectivity index (χ3v) is 6.74. The molecule has 0 heterocycles. The van der Waals surface area contributed by atoms with Crippen molar-refractivity contribution in [1.29, 1.82) is 0 Å². The molecule has 0 bridgehead atoms. The maximum atomic E-state index is 3.76. The summed E-state index contributed by atoms with van der Waals surface area (Å²) in [7, 11) is 1.13. The van der Waals surface area contributed by atoms with Crippen LogP contribution in [0.3, 0.4) is 0 Å². The summed E-state index contributed by atoms with van der Waals surface area (Å²) < 4.78 is 2.64. The summed E-state index contributed by atoms with van der Waals surface area (Å²) in [5, 5.41) is 0. The topological polar surface area (TPSA) is 27.3 Å². The lowest BCUT2D eigenvalue weighted by molar-refractivity contribution is 0.275. The van der Waals surface area contributed by atoms with Crippen LogP contribution in [0.5, 0.6) is 0 Å². The van der Waals surface area contributed by atoms with E-state index in [0.29, 0.717) is 12.1 Å². The summed E-state index contributed by atoms with van der Waals surface area (Å²) in [5.74, 6) is 0. The van der Waals surface area contributed by atoms with Crippen molar-refractivity contribution in [3.63, 3.8) is 0 Å². The van der Waals surface area contributed by atoms with Crippen LogP contribution in [0.25, 0.3) is 0 Å². The van der Waals surface area contributed by atoms with Gasteiger partial charge in [0, 0.05) is 6.04 Å². The van der Waals surface area contributed by atoms with Crippen LogP contribution in [0.1, 0.15) is 59.8 Å². The summed E-state index contributed by atoms with van der Waals surface area (Å²) in [4.78, 5) is 7.52. The Bertz CT molecular complexity index is 193. The van der Waals surface area contributed by atoms with Crippen molar-refractivity contribution >= 4 is 9.28 Å². The summed E-state index contributed by atoms with van der Waals surface area (Å²) in [6, 6.07) is 1.95. The van der Waals surface area contributed by atoms with Gasteiger partial charge < -0.3 is 14.5 Å². The van der Waals surface area contributed by atoms with Gasteiger partial charge in [-0.3, -0.25) is 0 Å². The van der Waals surface area contributed by atoms with Crippen molar-refractivity contribution in [1.82, 2.24) is 14.5 Å². The fraction of sp³-hybridized carbons (Fsp3) is 1.00. The molecule has 0 unspecified atom stereocenters. The summed E-state index contributed by atoms with van der Waals surface area (Å²) in [5.41, 5.74) is 0. The van der Waals surface area contributed by atoms with Crippen LogP contribution in [-0.2, 0) is 0 Å². The molecule has 2 N–H and O–H groups in total. The minimum atomic E-state index is -1.18. The minimum Gasteiger partial charge on any atom is -0.313 e. The van der Waals surface area contributed by atoms with Gasteiger partial charge in [0.05, 0.1) is 0 Å². The number of hydrogen-bond donors (Lipinski definition) is 2. The van der Waals surface area contributed by atoms with E-state index in [1.165, 1.54) is 32.1 Å². The third-order valence-electron chi connectivity index (χ3n) is 3.54. The van der Waals surface area contributed by atoms with Crippen molar-refractivity contribution in [2.45, 2.75) is 77.9 Å². The highest BCUT2D eigenvalue weighted by Gasteiger charge is 2.26. The molecule has 0 atom stereocenters. The highest BCUT2D eigenvalue weighted by atomic mass is 28.3. The lowest BCUT2D eigenvalue weighted by Gasteiger charge is -2.38. The molecule has 0 saturated heterocycles.